The van der Waals surface area contributed by atoms with Crippen molar-refractivity contribution in [2.75, 3.05) is 12.3 Å². The Kier molecular flexibility index (Phi) is 4.62. The van der Waals surface area contributed by atoms with E-state index in [2.05, 4.69) is 0 Å². The first-order chi connectivity index (χ1) is 7.38. The van der Waals surface area contributed by atoms with Gasteiger partial charge in [-0.2, -0.15) is 4.31 Å². The number of rotatable bonds is 4. The average Bonchev–Trinajstić information content (AvgIpc) is 2.28. The number of hydrogen-bond donors (Lipinski definition) is 0. The zero-order chi connectivity index (χ0) is 12.3. The summed E-state index contributed by atoms with van der Waals surface area (Å²) in [5.41, 5.74) is 0.876. The molecule has 0 radical (unpaired) electrons. The molecule has 0 aliphatic rings. The lowest BCUT2D eigenvalue weighted by molar-refractivity contribution is 0.401. The summed E-state index contributed by atoms with van der Waals surface area (Å²) in [5.74, 6) is 0. The van der Waals surface area contributed by atoms with Crippen LogP contribution in [0.25, 0.3) is 0 Å². The number of alkyl halides is 1. The van der Waals surface area contributed by atoms with Crippen LogP contribution in [0.2, 0.25) is 5.02 Å². The first kappa shape index (κ1) is 13.8. The van der Waals surface area contributed by atoms with Crippen LogP contribution < -0.4 is 0 Å². The highest BCUT2D eigenvalue weighted by Gasteiger charge is 2.23. The number of halogens is 2. The van der Waals surface area contributed by atoms with E-state index in [-0.39, 0.29) is 6.04 Å². The predicted molar refractivity (Wildman–Crippen MR) is 67.3 cm³/mol. The molecular weight excluding hydrogens is 269 g/mol. The molecule has 1 aromatic carbocycles. The van der Waals surface area contributed by atoms with Gasteiger partial charge in [0.2, 0.25) is 10.0 Å². The van der Waals surface area contributed by atoms with Crippen LogP contribution in [-0.2, 0) is 10.0 Å². The van der Waals surface area contributed by atoms with E-state index < -0.39 is 15.2 Å². The summed E-state index contributed by atoms with van der Waals surface area (Å²) in [6, 6.07) is 6.80. The Hall–Kier alpha value is -0.290. The van der Waals surface area contributed by atoms with Crippen LogP contribution >= 0.6 is 23.2 Å². The van der Waals surface area contributed by atoms with Crippen LogP contribution in [0.4, 0.5) is 0 Å². The minimum Gasteiger partial charge on any atom is -0.211 e. The molecule has 6 heteroatoms. The van der Waals surface area contributed by atoms with Crippen molar-refractivity contribution in [2.45, 2.75) is 13.0 Å². The Labute approximate surface area is 106 Å². The smallest absolute Gasteiger partial charge is 0.211 e. The van der Waals surface area contributed by atoms with Crippen molar-refractivity contribution in [3.05, 3.63) is 34.9 Å². The van der Waals surface area contributed by atoms with E-state index in [0.717, 1.165) is 5.56 Å². The molecular formula is C10H13Cl2NO2S. The lowest BCUT2D eigenvalue weighted by Gasteiger charge is -2.23. The van der Waals surface area contributed by atoms with Crippen LogP contribution in [0.1, 0.15) is 18.5 Å². The molecule has 3 nitrogen and oxygen atoms in total. The minimum absolute atomic E-state index is 0.263. The van der Waals surface area contributed by atoms with Gasteiger partial charge < -0.3 is 0 Å². The molecule has 0 amide bonds. The fourth-order valence-corrected chi connectivity index (χ4v) is 2.61. The molecule has 16 heavy (non-hydrogen) atoms. The van der Waals surface area contributed by atoms with E-state index in [1.165, 1.54) is 11.4 Å². The molecule has 1 rings (SSSR count). The first-order valence-corrected chi connectivity index (χ1v) is 7.18. The third-order valence-corrected chi connectivity index (χ3v) is 5.02. The lowest BCUT2D eigenvalue weighted by Crippen LogP contribution is -2.30. The highest BCUT2D eigenvalue weighted by molar-refractivity contribution is 7.90. The molecule has 90 valence electrons. The third kappa shape index (κ3) is 3.10. The van der Waals surface area contributed by atoms with Gasteiger partial charge in [0.25, 0.3) is 0 Å². The zero-order valence-electron chi connectivity index (χ0n) is 9.02. The summed E-state index contributed by atoms with van der Waals surface area (Å²) < 4.78 is 24.4. The maximum absolute atomic E-state index is 11.5. The highest BCUT2D eigenvalue weighted by Crippen LogP contribution is 2.23. The standard InChI is InChI=1S/C10H13Cl2NO2S/c1-8(13(2)16(14,15)7-11)9-3-5-10(12)6-4-9/h3-6,8H,7H2,1-2H3. The van der Waals surface area contributed by atoms with Crippen molar-refractivity contribution in [3.63, 3.8) is 0 Å². The van der Waals surface area contributed by atoms with E-state index in [4.69, 9.17) is 23.2 Å². The Bertz CT molecular complexity index is 444. The van der Waals surface area contributed by atoms with E-state index >= 15 is 0 Å². The molecule has 0 N–H and O–H groups in total. The normalized spacial score (nSPS) is 14.1. The first-order valence-electron chi connectivity index (χ1n) is 4.65. The summed E-state index contributed by atoms with van der Waals surface area (Å²) in [7, 11) is -1.88. The van der Waals surface area contributed by atoms with E-state index in [1.54, 1.807) is 31.2 Å². The van der Waals surface area contributed by atoms with Gasteiger partial charge >= 0.3 is 0 Å². The van der Waals surface area contributed by atoms with Crippen molar-refractivity contribution in [1.29, 1.82) is 0 Å². The molecule has 0 fully saturated rings. The Morgan fingerprint density at radius 3 is 2.25 bits per heavy atom. The quantitative estimate of drug-likeness (QED) is 0.796. The van der Waals surface area contributed by atoms with Crippen LogP contribution in [0, 0.1) is 0 Å². The number of nitrogens with zero attached hydrogens (tertiary/aromatic N) is 1. The molecule has 0 aromatic heterocycles. The number of benzene rings is 1. The molecule has 0 saturated heterocycles. The third-order valence-electron chi connectivity index (χ3n) is 2.47. The zero-order valence-corrected chi connectivity index (χ0v) is 11.4. The van der Waals surface area contributed by atoms with Crippen molar-refractivity contribution < 1.29 is 8.42 Å². The molecule has 0 spiro atoms. The summed E-state index contributed by atoms with van der Waals surface area (Å²) >= 11 is 11.2. The second kappa shape index (κ2) is 5.36. The molecule has 0 heterocycles. The molecule has 0 bridgehead atoms. The second-order valence-electron chi connectivity index (χ2n) is 3.46. The van der Waals surface area contributed by atoms with Crippen molar-refractivity contribution in [2.24, 2.45) is 0 Å². The second-order valence-corrected chi connectivity index (χ2v) is 6.51. The van der Waals surface area contributed by atoms with Gasteiger partial charge in [0.15, 0.2) is 0 Å². The van der Waals surface area contributed by atoms with Crippen molar-refractivity contribution in [1.82, 2.24) is 4.31 Å². The van der Waals surface area contributed by atoms with E-state index in [0.29, 0.717) is 5.02 Å². The average molecular weight is 282 g/mol. The van der Waals surface area contributed by atoms with E-state index in [1.807, 2.05) is 0 Å². The predicted octanol–water partition coefficient (Wildman–Crippen LogP) is 2.86. The van der Waals surface area contributed by atoms with Gasteiger partial charge in [-0.3, -0.25) is 0 Å². The molecule has 1 aromatic rings. The lowest BCUT2D eigenvalue weighted by atomic mass is 10.1. The van der Waals surface area contributed by atoms with Crippen LogP contribution in [0.5, 0.6) is 0 Å². The Morgan fingerprint density at radius 2 is 1.81 bits per heavy atom. The van der Waals surface area contributed by atoms with Crippen LogP contribution in [-0.4, -0.2) is 25.0 Å². The topological polar surface area (TPSA) is 37.4 Å². The van der Waals surface area contributed by atoms with Crippen LogP contribution in [0.15, 0.2) is 24.3 Å². The maximum atomic E-state index is 11.5. The minimum atomic E-state index is -3.39. The summed E-state index contributed by atoms with van der Waals surface area (Å²) in [6.07, 6.45) is 0. The molecule has 0 saturated carbocycles. The van der Waals surface area contributed by atoms with E-state index in [9.17, 15) is 8.42 Å². The van der Waals surface area contributed by atoms with Gasteiger partial charge in [-0.1, -0.05) is 23.7 Å². The fourth-order valence-electron chi connectivity index (χ4n) is 1.27. The Morgan fingerprint density at radius 1 is 1.31 bits per heavy atom. The highest BCUT2D eigenvalue weighted by atomic mass is 35.5. The largest absolute Gasteiger partial charge is 0.228 e. The monoisotopic (exact) mass is 281 g/mol. The van der Waals surface area contributed by atoms with Gasteiger partial charge in [-0.15, -0.1) is 11.6 Å². The maximum Gasteiger partial charge on any atom is 0.228 e. The fraction of sp³-hybridized carbons (Fsp3) is 0.400. The summed E-state index contributed by atoms with van der Waals surface area (Å²) in [6.45, 7) is 1.80. The molecule has 1 unspecified atom stereocenters. The SMILES string of the molecule is CC(c1ccc(Cl)cc1)N(C)S(=O)(=O)CCl. The molecule has 0 aliphatic heterocycles. The summed E-state index contributed by atoms with van der Waals surface area (Å²) in [4.78, 5) is 0. The Balaban J connectivity index is 2.94. The van der Waals surface area contributed by atoms with Gasteiger partial charge in [0.1, 0.15) is 5.21 Å². The molecule has 0 aliphatic carbocycles. The number of sulfonamides is 1. The van der Waals surface area contributed by atoms with Gasteiger partial charge in [-0.25, -0.2) is 8.42 Å². The molecule has 1 atom stereocenters. The number of hydrogen-bond acceptors (Lipinski definition) is 2. The van der Waals surface area contributed by atoms with Gasteiger partial charge in [0.05, 0.1) is 0 Å². The summed E-state index contributed by atoms with van der Waals surface area (Å²) in [5, 5.41) is 0.209. The van der Waals surface area contributed by atoms with Crippen molar-refractivity contribution >= 4 is 33.2 Å². The van der Waals surface area contributed by atoms with Gasteiger partial charge in [0, 0.05) is 18.1 Å². The van der Waals surface area contributed by atoms with Crippen LogP contribution in [0.3, 0.4) is 0 Å². The van der Waals surface area contributed by atoms with Crippen molar-refractivity contribution in [3.8, 4) is 0 Å². The van der Waals surface area contributed by atoms with Gasteiger partial charge in [-0.05, 0) is 24.6 Å².